The first-order valence-electron chi connectivity index (χ1n) is 7.64. The molecule has 0 aromatic heterocycles. The fraction of sp³-hybridized carbons (Fsp3) is 0.875. The van der Waals surface area contributed by atoms with Gasteiger partial charge in [-0.25, -0.2) is 0 Å². The predicted molar refractivity (Wildman–Crippen MR) is 77.5 cm³/mol. The Labute approximate surface area is 109 Å². The zero-order valence-corrected chi connectivity index (χ0v) is 12.0. The lowest BCUT2D eigenvalue weighted by Gasteiger charge is -2.02. The molecule has 1 nitrogen and oxygen atoms in total. The number of hydrogen-bond acceptors (Lipinski definition) is 1. The molecule has 17 heavy (non-hydrogen) atoms. The average Bonchev–Trinajstić information content (AvgIpc) is 2.35. The minimum Gasteiger partial charge on any atom is -0.381 e. The molecular weight excluding hydrogens is 208 g/mol. The van der Waals surface area contributed by atoms with E-state index < -0.39 is 0 Å². The summed E-state index contributed by atoms with van der Waals surface area (Å²) in [5, 5.41) is 0. The van der Waals surface area contributed by atoms with Crippen LogP contribution in [0.25, 0.3) is 0 Å². The van der Waals surface area contributed by atoms with E-state index in [0.717, 1.165) is 19.6 Å². The summed E-state index contributed by atoms with van der Waals surface area (Å²) in [4.78, 5) is 0. The summed E-state index contributed by atoms with van der Waals surface area (Å²) in [5.74, 6) is 0. The van der Waals surface area contributed by atoms with Crippen LogP contribution in [0.2, 0.25) is 0 Å². The first-order valence-corrected chi connectivity index (χ1v) is 7.64. The Morgan fingerprint density at radius 3 is 2.00 bits per heavy atom. The second-order valence-electron chi connectivity index (χ2n) is 4.78. The SMILES string of the molecule is CCC/C=C\CCOCCCCCCCCC. The van der Waals surface area contributed by atoms with Crippen LogP contribution in [0.4, 0.5) is 0 Å². The van der Waals surface area contributed by atoms with E-state index in [-0.39, 0.29) is 0 Å². The van der Waals surface area contributed by atoms with Crippen molar-refractivity contribution in [3.8, 4) is 0 Å². The van der Waals surface area contributed by atoms with Gasteiger partial charge in [-0.1, -0.05) is 70.9 Å². The molecule has 0 heterocycles. The summed E-state index contributed by atoms with van der Waals surface area (Å²) in [7, 11) is 0. The molecule has 0 rings (SSSR count). The maximum absolute atomic E-state index is 5.59. The molecule has 0 amide bonds. The Hall–Kier alpha value is -0.300. The van der Waals surface area contributed by atoms with Gasteiger partial charge in [-0.15, -0.1) is 0 Å². The monoisotopic (exact) mass is 240 g/mol. The molecule has 0 fully saturated rings. The lowest BCUT2D eigenvalue weighted by molar-refractivity contribution is 0.134. The van der Waals surface area contributed by atoms with Gasteiger partial charge in [0.15, 0.2) is 0 Å². The maximum atomic E-state index is 5.59. The molecular formula is C16H32O. The van der Waals surface area contributed by atoms with E-state index in [9.17, 15) is 0 Å². The summed E-state index contributed by atoms with van der Waals surface area (Å²) in [5.41, 5.74) is 0. The Balaban J connectivity index is 2.94. The van der Waals surface area contributed by atoms with Gasteiger partial charge in [-0.05, 0) is 19.3 Å². The molecule has 0 aliphatic heterocycles. The van der Waals surface area contributed by atoms with Crippen LogP contribution in [0.15, 0.2) is 12.2 Å². The van der Waals surface area contributed by atoms with E-state index in [0.29, 0.717) is 0 Å². The highest BCUT2D eigenvalue weighted by molar-refractivity contribution is 4.80. The third-order valence-corrected chi connectivity index (χ3v) is 2.94. The smallest absolute Gasteiger partial charge is 0.0500 e. The van der Waals surface area contributed by atoms with Crippen LogP contribution >= 0.6 is 0 Å². The number of ether oxygens (including phenoxy) is 1. The highest BCUT2D eigenvalue weighted by atomic mass is 16.5. The Morgan fingerprint density at radius 2 is 1.29 bits per heavy atom. The van der Waals surface area contributed by atoms with E-state index in [4.69, 9.17) is 4.74 Å². The van der Waals surface area contributed by atoms with Crippen molar-refractivity contribution in [2.75, 3.05) is 13.2 Å². The normalized spacial score (nSPS) is 11.4. The minimum absolute atomic E-state index is 0.899. The molecule has 0 saturated heterocycles. The van der Waals surface area contributed by atoms with Gasteiger partial charge >= 0.3 is 0 Å². The first kappa shape index (κ1) is 16.7. The van der Waals surface area contributed by atoms with Crippen molar-refractivity contribution in [3.05, 3.63) is 12.2 Å². The summed E-state index contributed by atoms with van der Waals surface area (Å²) in [6, 6.07) is 0. The molecule has 0 aliphatic carbocycles. The fourth-order valence-corrected chi connectivity index (χ4v) is 1.82. The van der Waals surface area contributed by atoms with Gasteiger partial charge in [0, 0.05) is 6.61 Å². The van der Waals surface area contributed by atoms with Crippen molar-refractivity contribution < 1.29 is 4.74 Å². The van der Waals surface area contributed by atoms with Crippen LogP contribution in [0, 0.1) is 0 Å². The molecule has 0 radical (unpaired) electrons. The fourth-order valence-electron chi connectivity index (χ4n) is 1.82. The van der Waals surface area contributed by atoms with Gasteiger partial charge < -0.3 is 4.74 Å². The molecule has 0 unspecified atom stereocenters. The molecule has 0 spiro atoms. The van der Waals surface area contributed by atoms with Crippen molar-refractivity contribution in [1.82, 2.24) is 0 Å². The van der Waals surface area contributed by atoms with Crippen LogP contribution in [0.3, 0.4) is 0 Å². The molecule has 0 N–H and O–H groups in total. The van der Waals surface area contributed by atoms with Gasteiger partial charge in [0.25, 0.3) is 0 Å². The summed E-state index contributed by atoms with van der Waals surface area (Å²) in [6.07, 6.45) is 17.6. The van der Waals surface area contributed by atoms with Crippen LogP contribution in [-0.2, 0) is 4.74 Å². The zero-order chi connectivity index (χ0) is 12.6. The molecule has 102 valence electrons. The van der Waals surface area contributed by atoms with Gasteiger partial charge in [0.05, 0.1) is 6.61 Å². The van der Waals surface area contributed by atoms with E-state index in [2.05, 4.69) is 26.0 Å². The maximum Gasteiger partial charge on any atom is 0.0500 e. The van der Waals surface area contributed by atoms with E-state index in [1.165, 1.54) is 57.8 Å². The summed E-state index contributed by atoms with van der Waals surface area (Å²) < 4.78 is 5.59. The molecule has 0 aliphatic rings. The summed E-state index contributed by atoms with van der Waals surface area (Å²) >= 11 is 0. The minimum atomic E-state index is 0.899. The zero-order valence-electron chi connectivity index (χ0n) is 12.0. The molecule has 0 aromatic rings. The predicted octanol–water partition coefficient (Wildman–Crippen LogP) is 5.50. The van der Waals surface area contributed by atoms with Crippen molar-refractivity contribution in [1.29, 1.82) is 0 Å². The molecule has 1 heteroatoms. The Morgan fingerprint density at radius 1 is 0.647 bits per heavy atom. The van der Waals surface area contributed by atoms with E-state index >= 15 is 0 Å². The third-order valence-electron chi connectivity index (χ3n) is 2.94. The summed E-state index contributed by atoms with van der Waals surface area (Å²) in [6.45, 7) is 6.33. The van der Waals surface area contributed by atoms with Gasteiger partial charge in [0.2, 0.25) is 0 Å². The largest absolute Gasteiger partial charge is 0.381 e. The second kappa shape index (κ2) is 15.7. The number of hydrogen-bond donors (Lipinski definition) is 0. The third kappa shape index (κ3) is 15.7. The van der Waals surface area contributed by atoms with Crippen LogP contribution in [0.1, 0.15) is 78.1 Å². The Kier molecular flexibility index (Phi) is 15.4. The Bertz CT molecular complexity index is 152. The number of rotatable bonds is 13. The first-order chi connectivity index (χ1) is 8.41. The van der Waals surface area contributed by atoms with Crippen LogP contribution < -0.4 is 0 Å². The molecule has 0 aromatic carbocycles. The lowest BCUT2D eigenvalue weighted by Crippen LogP contribution is -1.95. The standard InChI is InChI=1S/C16H32O/c1-3-5-7-9-10-12-14-16-17-15-13-11-8-6-4-2/h8,11H,3-7,9-10,12-16H2,1-2H3/b11-8-. The van der Waals surface area contributed by atoms with Gasteiger partial charge in [0.1, 0.15) is 0 Å². The van der Waals surface area contributed by atoms with Crippen LogP contribution in [-0.4, -0.2) is 13.2 Å². The van der Waals surface area contributed by atoms with Crippen molar-refractivity contribution in [3.63, 3.8) is 0 Å². The highest BCUT2D eigenvalue weighted by Gasteiger charge is 1.91. The topological polar surface area (TPSA) is 9.23 Å². The number of allylic oxidation sites excluding steroid dienone is 1. The van der Waals surface area contributed by atoms with E-state index in [1.54, 1.807) is 0 Å². The van der Waals surface area contributed by atoms with Crippen LogP contribution in [0.5, 0.6) is 0 Å². The highest BCUT2D eigenvalue weighted by Crippen LogP contribution is 2.06. The molecule has 0 saturated carbocycles. The van der Waals surface area contributed by atoms with Gasteiger partial charge in [-0.2, -0.15) is 0 Å². The lowest BCUT2D eigenvalue weighted by atomic mass is 10.1. The average molecular weight is 240 g/mol. The molecule has 0 atom stereocenters. The number of unbranched alkanes of at least 4 members (excludes halogenated alkanes) is 7. The van der Waals surface area contributed by atoms with E-state index in [1.807, 2.05) is 0 Å². The van der Waals surface area contributed by atoms with Gasteiger partial charge in [-0.3, -0.25) is 0 Å². The second-order valence-corrected chi connectivity index (χ2v) is 4.78. The van der Waals surface area contributed by atoms with Crippen molar-refractivity contribution in [2.45, 2.75) is 78.1 Å². The van der Waals surface area contributed by atoms with Crippen molar-refractivity contribution in [2.24, 2.45) is 0 Å². The van der Waals surface area contributed by atoms with Crippen molar-refractivity contribution >= 4 is 0 Å². The molecule has 0 bridgehead atoms. The quantitative estimate of drug-likeness (QED) is 0.305.